The number of carbonyl (C=O) groups excluding carboxylic acids is 2. The van der Waals surface area contributed by atoms with Crippen molar-refractivity contribution in [3.05, 3.63) is 57.9 Å². The summed E-state index contributed by atoms with van der Waals surface area (Å²) in [7, 11) is 2.08. The highest BCUT2D eigenvalue weighted by molar-refractivity contribution is 6.02. The second-order valence-corrected chi connectivity index (χ2v) is 6.72. The third kappa shape index (κ3) is 4.61. The number of amides is 1. The quantitative estimate of drug-likeness (QED) is 0.713. The fourth-order valence-corrected chi connectivity index (χ4v) is 3.23. The molecule has 0 aliphatic carbocycles. The van der Waals surface area contributed by atoms with Gasteiger partial charge in [0.1, 0.15) is 5.69 Å². The van der Waals surface area contributed by atoms with Crippen LogP contribution in [0.15, 0.2) is 24.3 Å². The Labute approximate surface area is 155 Å². The molecule has 0 radical (unpaired) electrons. The number of aromatic amines is 1. The van der Waals surface area contributed by atoms with Crippen LogP contribution < -0.4 is 5.32 Å². The van der Waals surface area contributed by atoms with E-state index < -0.39 is 0 Å². The zero-order valence-corrected chi connectivity index (χ0v) is 16.4. The van der Waals surface area contributed by atoms with Crippen molar-refractivity contribution in [3.8, 4) is 0 Å². The summed E-state index contributed by atoms with van der Waals surface area (Å²) < 4.78 is 0. The van der Waals surface area contributed by atoms with E-state index in [-0.39, 0.29) is 11.7 Å². The molecule has 0 atom stereocenters. The van der Waals surface area contributed by atoms with Gasteiger partial charge in [0.15, 0.2) is 5.78 Å². The first-order valence-electron chi connectivity index (χ1n) is 9.14. The molecule has 2 rings (SSSR count). The Bertz CT molecular complexity index is 793. The van der Waals surface area contributed by atoms with Crippen LogP contribution in [0.5, 0.6) is 0 Å². The molecule has 0 aliphatic heterocycles. The van der Waals surface area contributed by atoms with E-state index in [1.165, 1.54) is 12.5 Å². The highest BCUT2D eigenvalue weighted by Gasteiger charge is 2.21. The lowest BCUT2D eigenvalue weighted by Crippen LogP contribution is -2.24. The van der Waals surface area contributed by atoms with Gasteiger partial charge >= 0.3 is 0 Å². The molecule has 0 saturated heterocycles. The molecule has 1 aromatic heterocycles. The van der Waals surface area contributed by atoms with Gasteiger partial charge in [0.25, 0.3) is 5.91 Å². The Morgan fingerprint density at radius 3 is 2.50 bits per heavy atom. The summed E-state index contributed by atoms with van der Waals surface area (Å²) >= 11 is 0. The fourth-order valence-electron chi connectivity index (χ4n) is 3.23. The predicted molar refractivity (Wildman–Crippen MR) is 105 cm³/mol. The number of nitrogens with one attached hydrogen (secondary N) is 2. The second kappa shape index (κ2) is 8.81. The Morgan fingerprint density at radius 1 is 1.19 bits per heavy atom. The van der Waals surface area contributed by atoms with Gasteiger partial charge in [0.05, 0.1) is 0 Å². The number of hydrogen-bond donors (Lipinski definition) is 2. The van der Waals surface area contributed by atoms with Gasteiger partial charge in [0, 0.05) is 24.3 Å². The monoisotopic (exact) mass is 355 g/mol. The largest absolute Gasteiger partial charge is 0.354 e. The van der Waals surface area contributed by atoms with E-state index in [1.54, 1.807) is 0 Å². The molecule has 5 nitrogen and oxygen atoms in total. The number of carbonyl (C=O) groups is 2. The summed E-state index contributed by atoms with van der Waals surface area (Å²) in [6, 6.07) is 8.25. The van der Waals surface area contributed by atoms with Crippen molar-refractivity contribution >= 4 is 11.7 Å². The molecule has 0 bridgehead atoms. The van der Waals surface area contributed by atoms with Crippen molar-refractivity contribution in [1.82, 2.24) is 15.2 Å². The van der Waals surface area contributed by atoms with Gasteiger partial charge in [0.2, 0.25) is 0 Å². The summed E-state index contributed by atoms with van der Waals surface area (Å²) in [6.07, 6.45) is 0.640. The number of aryl methyl sites for hydroxylation is 1. The molecule has 26 heavy (non-hydrogen) atoms. The third-order valence-corrected chi connectivity index (χ3v) is 4.66. The van der Waals surface area contributed by atoms with Crippen molar-refractivity contribution in [2.24, 2.45) is 0 Å². The number of hydrogen-bond acceptors (Lipinski definition) is 3. The van der Waals surface area contributed by atoms with Crippen LogP contribution >= 0.6 is 0 Å². The first-order chi connectivity index (χ1) is 12.4. The molecule has 0 spiro atoms. The van der Waals surface area contributed by atoms with Crippen LogP contribution in [-0.4, -0.2) is 35.2 Å². The van der Waals surface area contributed by atoms with Gasteiger partial charge in [-0.2, -0.15) is 0 Å². The van der Waals surface area contributed by atoms with Gasteiger partial charge in [-0.25, -0.2) is 0 Å². The molecule has 140 valence electrons. The van der Waals surface area contributed by atoms with Gasteiger partial charge in [-0.15, -0.1) is 0 Å². The summed E-state index contributed by atoms with van der Waals surface area (Å²) in [5, 5.41) is 2.97. The molecule has 0 unspecified atom stereocenters. The molecule has 1 amide bonds. The second-order valence-electron chi connectivity index (χ2n) is 6.72. The summed E-state index contributed by atoms with van der Waals surface area (Å²) in [5.74, 6) is -0.184. The first kappa shape index (κ1) is 19.9. The lowest BCUT2D eigenvalue weighted by Gasteiger charge is -2.14. The van der Waals surface area contributed by atoms with E-state index >= 15 is 0 Å². The molecule has 2 aromatic rings. The zero-order chi connectivity index (χ0) is 19.3. The Hall–Kier alpha value is -2.40. The van der Waals surface area contributed by atoms with Crippen LogP contribution in [0.1, 0.15) is 64.0 Å². The highest BCUT2D eigenvalue weighted by Crippen LogP contribution is 2.20. The van der Waals surface area contributed by atoms with E-state index in [0.29, 0.717) is 24.2 Å². The summed E-state index contributed by atoms with van der Waals surface area (Å²) in [6.45, 7) is 9.79. The van der Waals surface area contributed by atoms with Crippen molar-refractivity contribution in [2.75, 3.05) is 13.6 Å². The smallest absolute Gasteiger partial charge is 0.268 e. The fraction of sp³-hybridized carbons (Fsp3) is 0.429. The van der Waals surface area contributed by atoms with Crippen molar-refractivity contribution in [2.45, 2.75) is 47.2 Å². The van der Waals surface area contributed by atoms with Gasteiger partial charge in [-0.05, 0) is 50.6 Å². The van der Waals surface area contributed by atoms with Crippen LogP contribution in [0, 0.1) is 6.92 Å². The average molecular weight is 355 g/mol. The van der Waals surface area contributed by atoms with E-state index in [9.17, 15) is 9.59 Å². The Kier molecular flexibility index (Phi) is 6.75. The first-order valence-corrected chi connectivity index (χ1v) is 9.14. The molecule has 0 fully saturated rings. The predicted octanol–water partition coefficient (Wildman–Crippen LogP) is 3.47. The number of nitrogens with zero attached hydrogens (tertiary/aromatic N) is 1. The van der Waals surface area contributed by atoms with Crippen molar-refractivity contribution in [3.63, 3.8) is 0 Å². The average Bonchev–Trinajstić information content (AvgIpc) is 2.96. The molecule has 0 aliphatic rings. The molecular formula is C21H29N3O2. The minimum Gasteiger partial charge on any atom is -0.354 e. The third-order valence-electron chi connectivity index (χ3n) is 4.66. The van der Waals surface area contributed by atoms with Gasteiger partial charge < -0.3 is 15.2 Å². The van der Waals surface area contributed by atoms with Crippen LogP contribution in [0.3, 0.4) is 0 Å². The Morgan fingerprint density at radius 2 is 1.88 bits per heavy atom. The van der Waals surface area contributed by atoms with Crippen molar-refractivity contribution < 1.29 is 9.59 Å². The van der Waals surface area contributed by atoms with Gasteiger partial charge in [-0.3, -0.25) is 9.59 Å². The highest BCUT2D eigenvalue weighted by atomic mass is 16.2. The number of Topliss-reactive ketones (excluding diaryl/α,β-unsaturated/α-hetero) is 1. The van der Waals surface area contributed by atoms with E-state index in [0.717, 1.165) is 29.9 Å². The SMILES string of the molecule is CCc1c(C(=O)NCc2cccc(CN(C)CC)c2)[nH]c(C)c1C(C)=O. The lowest BCUT2D eigenvalue weighted by atomic mass is 10.0. The molecule has 1 aromatic carbocycles. The number of H-pyrrole nitrogens is 1. The normalized spacial score (nSPS) is 11.0. The lowest BCUT2D eigenvalue weighted by molar-refractivity contribution is 0.0945. The summed E-state index contributed by atoms with van der Waals surface area (Å²) in [4.78, 5) is 29.8. The molecule has 0 saturated carbocycles. The maximum Gasteiger partial charge on any atom is 0.268 e. The van der Waals surface area contributed by atoms with Gasteiger partial charge in [-0.1, -0.05) is 38.1 Å². The van der Waals surface area contributed by atoms with E-state index in [2.05, 4.69) is 41.3 Å². The summed E-state index contributed by atoms with van der Waals surface area (Å²) in [5.41, 5.74) is 4.98. The van der Waals surface area contributed by atoms with Crippen LogP contribution in [-0.2, 0) is 19.5 Å². The molecule has 1 heterocycles. The minimum atomic E-state index is -0.173. The zero-order valence-electron chi connectivity index (χ0n) is 16.4. The van der Waals surface area contributed by atoms with E-state index in [4.69, 9.17) is 0 Å². The standard InChI is InChI=1S/C21H29N3O2/c1-6-18-19(15(4)25)14(3)23-20(18)21(26)22-12-16-9-8-10-17(11-16)13-24(5)7-2/h8-11,23H,6-7,12-13H2,1-5H3,(H,22,26). The molecule has 5 heteroatoms. The molecule has 2 N–H and O–H groups in total. The number of benzene rings is 1. The van der Waals surface area contributed by atoms with Crippen molar-refractivity contribution in [1.29, 1.82) is 0 Å². The van der Waals surface area contributed by atoms with Crippen LogP contribution in [0.25, 0.3) is 0 Å². The maximum absolute atomic E-state index is 12.6. The molecular weight excluding hydrogens is 326 g/mol. The van der Waals surface area contributed by atoms with E-state index in [1.807, 2.05) is 26.0 Å². The number of aromatic nitrogens is 1. The van der Waals surface area contributed by atoms with Crippen LogP contribution in [0.2, 0.25) is 0 Å². The Balaban J connectivity index is 2.11. The van der Waals surface area contributed by atoms with Crippen LogP contribution in [0.4, 0.5) is 0 Å². The maximum atomic E-state index is 12.6. The number of rotatable bonds is 8. The topological polar surface area (TPSA) is 65.2 Å². The minimum absolute atomic E-state index is 0.0117. The number of ketones is 1.